The van der Waals surface area contributed by atoms with Crippen LogP contribution >= 0.6 is 36.0 Å². The summed E-state index contributed by atoms with van der Waals surface area (Å²) in [7, 11) is 0. The van der Waals surface area contributed by atoms with Gasteiger partial charge in [0.2, 0.25) is 0 Å². The molecular formula is C12H15ClS2. The van der Waals surface area contributed by atoms with Crippen LogP contribution in [0.5, 0.6) is 0 Å². The second kappa shape index (κ2) is 5.51. The molecule has 2 atom stereocenters. The van der Waals surface area contributed by atoms with Gasteiger partial charge in [0.25, 0.3) is 0 Å². The van der Waals surface area contributed by atoms with Crippen LogP contribution < -0.4 is 0 Å². The van der Waals surface area contributed by atoms with Gasteiger partial charge in [-0.15, -0.1) is 11.8 Å². The lowest BCUT2D eigenvalue weighted by Crippen LogP contribution is -2.21. The summed E-state index contributed by atoms with van der Waals surface area (Å²) < 4.78 is 0. The second-order valence-electron chi connectivity index (χ2n) is 3.96. The van der Waals surface area contributed by atoms with Crippen molar-refractivity contribution in [1.29, 1.82) is 0 Å². The Morgan fingerprint density at radius 1 is 1.13 bits per heavy atom. The van der Waals surface area contributed by atoms with Gasteiger partial charge < -0.3 is 0 Å². The highest BCUT2D eigenvalue weighted by Gasteiger charge is 2.22. The number of thioether (sulfide) groups is 1. The normalized spacial score (nSPS) is 26.5. The predicted octanol–water partition coefficient (Wildman–Crippen LogP) is 4.67. The van der Waals surface area contributed by atoms with E-state index in [1.54, 1.807) is 0 Å². The molecule has 0 spiro atoms. The van der Waals surface area contributed by atoms with Gasteiger partial charge in [0, 0.05) is 20.4 Å². The van der Waals surface area contributed by atoms with Crippen molar-refractivity contribution in [3.05, 3.63) is 29.3 Å². The minimum Gasteiger partial charge on any atom is -0.175 e. The van der Waals surface area contributed by atoms with E-state index in [1.807, 2.05) is 23.9 Å². The summed E-state index contributed by atoms with van der Waals surface area (Å²) in [6, 6.07) is 8.12. The first-order chi connectivity index (χ1) is 7.25. The quantitative estimate of drug-likeness (QED) is 0.752. The van der Waals surface area contributed by atoms with Crippen LogP contribution in [0.1, 0.15) is 25.7 Å². The first-order valence-corrected chi connectivity index (χ1v) is 7.13. The van der Waals surface area contributed by atoms with Crippen molar-refractivity contribution in [3.8, 4) is 0 Å². The van der Waals surface area contributed by atoms with Crippen molar-refractivity contribution in [2.45, 2.75) is 41.1 Å². The number of halogens is 1. The SMILES string of the molecule is S[C@@H]1CCCC[C@H]1Sc1ccc(Cl)cc1. The number of benzene rings is 1. The molecule has 0 unspecified atom stereocenters. The minimum absolute atomic E-state index is 0.555. The molecule has 0 amide bonds. The Morgan fingerprint density at radius 3 is 2.47 bits per heavy atom. The summed E-state index contributed by atoms with van der Waals surface area (Å²) in [5, 5.41) is 2.04. The number of rotatable bonds is 2. The molecule has 0 heterocycles. The zero-order chi connectivity index (χ0) is 10.7. The summed E-state index contributed by atoms with van der Waals surface area (Å²) >= 11 is 12.5. The molecule has 0 radical (unpaired) electrons. The van der Waals surface area contributed by atoms with Gasteiger partial charge in [0.05, 0.1) is 0 Å². The van der Waals surface area contributed by atoms with E-state index in [-0.39, 0.29) is 0 Å². The molecular weight excluding hydrogens is 244 g/mol. The van der Waals surface area contributed by atoms with E-state index in [4.69, 9.17) is 11.6 Å². The van der Waals surface area contributed by atoms with Crippen LogP contribution in [0.3, 0.4) is 0 Å². The predicted molar refractivity (Wildman–Crippen MR) is 72.3 cm³/mol. The zero-order valence-electron chi connectivity index (χ0n) is 8.53. The first kappa shape index (κ1) is 11.7. The molecule has 1 fully saturated rings. The van der Waals surface area contributed by atoms with Gasteiger partial charge in [0.1, 0.15) is 0 Å². The van der Waals surface area contributed by atoms with E-state index in [9.17, 15) is 0 Å². The summed E-state index contributed by atoms with van der Waals surface area (Å²) in [6.07, 6.45) is 5.24. The van der Waals surface area contributed by atoms with E-state index in [0.717, 1.165) is 5.02 Å². The summed E-state index contributed by atoms with van der Waals surface area (Å²) in [4.78, 5) is 1.31. The van der Waals surface area contributed by atoms with Crippen LogP contribution in [0.25, 0.3) is 0 Å². The van der Waals surface area contributed by atoms with Gasteiger partial charge in [-0.3, -0.25) is 0 Å². The van der Waals surface area contributed by atoms with Gasteiger partial charge in [-0.2, -0.15) is 12.6 Å². The molecule has 1 aliphatic carbocycles. The topological polar surface area (TPSA) is 0 Å². The van der Waals surface area contributed by atoms with Crippen molar-refractivity contribution in [3.63, 3.8) is 0 Å². The van der Waals surface area contributed by atoms with Crippen molar-refractivity contribution in [2.75, 3.05) is 0 Å². The Morgan fingerprint density at radius 2 is 1.80 bits per heavy atom. The largest absolute Gasteiger partial charge is 0.175 e. The van der Waals surface area contributed by atoms with E-state index >= 15 is 0 Å². The fraction of sp³-hybridized carbons (Fsp3) is 0.500. The molecule has 0 aliphatic heterocycles. The molecule has 0 bridgehead atoms. The zero-order valence-corrected chi connectivity index (χ0v) is 11.0. The molecule has 1 aliphatic rings. The summed E-state index contributed by atoms with van der Waals surface area (Å²) in [5.41, 5.74) is 0. The molecule has 0 saturated heterocycles. The third-order valence-corrected chi connectivity index (χ3v) is 5.25. The Hall–Kier alpha value is 0.210. The number of thiol groups is 1. The third-order valence-electron chi connectivity index (χ3n) is 2.77. The van der Waals surface area contributed by atoms with Crippen molar-refractivity contribution >= 4 is 36.0 Å². The molecule has 0 nitrogen and oxygen atoms in total. The summed E-state index contributed by atoms with van der Waals surface area (Å²) in [5.74, 6) is 0. The standard InChI is InChI=1S/C12H15ClS2/c13-9-5-7-10(8-6-9)15-12-4-2-1-3-11(12)14/h5-8,11-12,14H,1-4H2/t11-,12-/m1/s1. The van der Waals surface area contributed by atoms with E-state index in [2.05, 4.69) is 24.8 Å². The second-order valence-corrected chi connectivity index (χ2v) is 6.37. The fourth-order valence-electron chi connectivity index (χ4n) is 1.90. The van der Waals surface area contributed by atoms with Crippen molar-refractivity contribution < 1.29 is 0 Å². The minimum atomic E-state index is 0.555. The van der Waals surface area contributed by atoms with Gasteiger partial charge in [-0.1, -0.05) is 24.4 Å². The molecule has 3 heteroatoms. The number of hydrogen-bond donors (Lipinski definition) is 1. The Labute approximate surface area is 106 Å². The maximum Gasteiger partial charge on any atom is 0.0406 e. The maximum absolute atomic E-state index is 5.86. The first-order valence-electron chi connectivity index (χ1n) is 5.36. The lowest BCUT2D eigenvalue weighted by Gasteiger charge is -2.27. The van der Waals surface area contributed by atoms with E-state index in [1.165, 1.54) is 30.6 Å². The highest BCUT2D eigenvalue weighted by Crippen LogP contribution is 2.36. The van der Waals surface area contributed by atoms with Crippen LogP contribution in [-0.4, -0.2) is 10.5 Å². The molecule has 0 aromatic heterocycles. The van der Waals surface area contributed by atoms with Crippen LogP contribution in [0.2, 0.25) is 5.02 Å². The molecule has 0 N–H and O–H groups in total. The van der Waals surface area contributed by atoms with Gasteiger partial charge in [-0.25, -0.2) is 0 Å². The number of hydrogen-bond acceptors (Lipinski definition) is 2. The molecule has 82 valence electrons. The monoisotopic (exact) mass is 258 g/mol. The van der Waals surface area contributed by atoms with Crippen LogP contribution in [0.4, 0.5) is 0 Å². The fourth-order valence-corrected chi connectivity index (χ4v) is 3.76. The van der Waals surface area contributed by atoms with Gasteiger partial charge in [-0.05, 0) is 37.1 Å². The average Bonchev–Trinajstić information content (AvgIpc) is 2.25. The Kier molecular flexibility index (Phi) is 4.30. The highest BCUT2D eigenvalue weighted by molar-refractivity contribution is 8.00. The lowest BCUT2D eigenvalue weighted by molar-refractivity contribution is 0.529. The van der Waals surface area contributed by atoms with Crippen LogP contribution in [-0.2, 0) is 0 Å². The van der Waals surface area contributed by atoms with Crippen molar-refractivity contribution in [1.82, 2.24) is 0 Å². The van der Waals surface area contributed by atoms with Gasteiger partial charge >= 0.3 is 0 Å². The van der Waals surface area contributed by atoms with Crippen LogP contribution in [0.15, 0.2) is 29.2 Å². The average molecular weight is 259 g/mol. The van der Waals surface area contributed by atoms with Gasteiger partial charge in [0.15, 0.2) is 0 Å². The molecule has 15 heavy (non-hydrogen) atoms. The summed E-state index contributed by atoms with van der Waals surface area (Å²) in [6.45, 7) is 0. The van der Waals surface area contributed by atoms with Crippen LogP contribution in [0, 0.1) is 0 Å². The molecule has 1 aromatic rings. The molecule has 1 saturated carbocycles. The van der Waals surface area contributed by atoms with E-state index in [0.29, 0.717) is 10.5 Å². The van der Waals surface area contributed by atoms with Crippen molar-refractivity contribution in [2.24, 2.45) is 0 Å². The lowest BCUT2D eigenvalue weighted by atomic mass is 10.00. The van der Waals surface area contributed by atoms with E-state index < -0.39 is 0 Å². The highest BCUT2D eigenvalue weighted by atomic mass is 35.5. The Bertz CT molecular complexity index is 310. The molecule has 1 aromatic carbocycles. The third kappa shape index (κ3) is 3.33. The smallest absolute Gasteiger partial charge is 0.0406 e. The Balaban J connectivity index is 1.98. The molecule has 2 rings (SSSR count). The maximum atomic E-state index is 5.86.